The summed E-state index contributed by atoms with van der Waals surface area (Å²) in [5.74, 6) is 0.704. The van der Waals surface area contributed by atoms with Gasteiger partial charge in [-0.05, 0) is 57.2 Å². The van der Waals surface area contributed by atoms with Crippen LogP contribution in [0.15, 0.2) is 58.3 Å². The Morgan fingerprint density at radius 3 is 2.27 bits per heavy atom. The molecule has 22 heavy (non-hydrogen) atoms. The first-order valence-corrected chi connectivity index (χ1v) is 8.60. The lowest BCUT2D eigenvalue weighted by molar-refractivity contribution is 0.159. The molecule has 0 radical (unpaired) electrons. The Kier molecular flexibility index (Phi) is 3.37. The second-order valence-corrected chi connectivity index (χ2v) is 8.00. The molecule has 0 spiro atoms. The van der Waals surface area contributed by atoms with Crippen LogP contribution in [0.2, 0.25) is 0 Å². The Morgan fingerprint density at radius 1 is 0.955 bits per heavy atom. The molecule has 0 aromatic heterocycles. The molecular weight excluding hydrogens is 296 g/mol. The molecule has 0 aliphatic carbocycles. The molecule has 3 nitrogen and oxygen atoms in total. The quantitative estimate of drug-likeness (QED) is 0.841. The van der Waals surface area contributed by atoms with Crippen LogP contribution < -0.4 is 4.74 Å². The average molecular weight is 314 g/mol. The lowest BCUT2D eigenvalue weighted by Gasteiger charge is -2.28. The van der Waals surface area contributed by atoms with Crippen LogP contribution in [0, 0.1) is 6.92 Å². The van der Waals surface area contributed by atoms with Crippen molar-refractivity contribution in [2.45, 2.75) is 36.2 Å². The SMILES string of the molecule is Cc1ccc(S(=O)(=O)c2ccc3c(c2)C=CC(C)(C)O3)cc1. The molecule has 0 atom stereocenters. The molecule has 2 aromatic carbocycles. The van der Waals surface area contributed by atoms with Gasteiger partial charge in [-0.3, -0.25) is 0 Å². The van der Waals surface area contributed by atoms with Crippen LogP contribution in [0.3, 0.4) is 0 Å². The second kappa shape index (κ2) is 4.99. The standard InChI is InChI=1S/C18H18O3S/c1-13-4-6-15(7-5-13)22(19,20)16-8-9-17-14(12-16)10-11-18(2,3)21-17/h4-12H,1-3H3. The summed E-state index contributed by atoms with van der Waals surface area (Å²) in [6.45, 7) is 5.85. The molecule has 3 rings (SSSR count). The molecule has 114 valence electrons. The van der Waals surface area contributed by atoms with Gasteiger partial charge < -0.3 is 4.74 Å². The number of aryl methyl sites for hydroxylation is 1. The largest absolute Gasteiger partial charge is 0.483 e. The first kappa shape index (κ1) is 14.9. The van der Waals surface area contributed by atoms with Crippen molar-refractivity contribution >= 4 is 15.9 Å². The first-order chi connectivity index (χ1) is 10.3. The summed E-state index contributed by atoms with van der Waals surface area (Å²) >= 11 is 0. The van der Waals surface area contributed by atoms with E-state index in [2.05, 4.69) is 0 Å². The van der Waals surface area contributed by atoms with E-state index >= 15 is 0 Å². The number of fused-ring (bicyclic) bond motifs is 1. The molecular formula is C18H18O3S. The van der Waals surface area contributed by atoms with Crippen LogP contribution in [0.25, 0.3) is 6.08 Å². The summed E-state index contributed by atoms with van der Waals surface area (Å²) in [6, 6.07) is 11.9. The van der Waals surface area contributed by atoms with E-state index in [-0.39, 0.29) is 10.5 Å². The molecule has 1 aliphatic heterocycles. The molecule has 2 aromatic rings. The van der Waals surface area contributed by atoms with E-state index in [0.717, 1.165) is 11.1 Å². The van der Waals surface area contributed by atoms with Gasteiger partial charge in [-0.25, -0.2) is 8.42 Å². The molecule has 0 amide bonds. The Balaban J connectivity index is 2.05. The maximum Gasteiger partial charge on any atom is 0.206 e. The van der Waals surface area contributed by atoms with Crippen LogP contribution in [-0.4, -0.2) is 14.0 Å². The summed E-state index contributed by atoms with van der Waals surface area (Å²) in [7, 11) is -3.51. The molecule has 4 heteroatoms. The van der Waals surface area contributed by atoms with Crippen molar-refractivity contribution in [1.82, 2.24) is 0 Å². The molecule has 0 bridgehead atoms. The topological polar surface area (TPSA) is 43.4 Å². The van der Waals surface area contributed by atoms with Gasteiger partial charge in [0.15, 0.2) is 0 Å². The Bertz CT molecular complexity index is 844. The van der Waals surface area contributed by atoms with Crippen LogP contribution in [0.1, 0.15) is 25.0 Å². The smallest absolute Gasteiger partial charge is 0.206 e. The molecule has 0 N–H and O–H groups in total. The number of hydrogen-bond acceptors (Lipinski definition) is 3. The summed E-state index contributed by atoms with van der Waals surface area (Å²) in [4.78, 5) is 0.585. The zero-order valence-electron chi connectivity index (χ0n) is 12.8. The average Bonchev–Trinajstić information content (AvgIpc) is 2.46. The first-order valence-electron chi connectivity index (χ1n) is 7.12. The van der Waals surface area contributed by atoms with E-state index < -0.39 is 9.84 Å². The van der Waals surface area contributed by atoms with Crippen molar-refractivity contribution in [2.24, 2.45) is 0 Å². The van der Waals surface area contributed by atoms with Crippen LogP contribution in [0.5, 0.6) is 5.75 Å². The third-order valence-corrected chi connectivity index (χ3v) is 5.43. The fourth-order valence-electron chi connectivity index (χ4n) is 2.38. The van der Waals surface area contributed by atoms with Crippen molar-refractivity contribution in [3.05, 3.63) is 59.7 Å². The number of rotatable bonds is 2. The van der Waals surface area contributed by atoms with Gasteiger partial charge in [-0.15, -0.1) is 0 Å². The fraction of sp³-hybridized carbons (Fsp3) is 0.222. The highest BCUT2D eigenvalue weighted by molar-refractivity contribution is 7.91. The summed E-state index contributed by atoms with van der Waals surface area (Å²) < 4.78 is 31.2. The van der Waals surface area contributed by atoms with Gasteiger partial charge in [0.1, 0.15) is 11.4 Å². The number of hydrogen-bond donors (Lipinski definition) is 0. The maximum atomic E-state index is 12.7. The number of benzene rings is 2. The van der Waals surface area contributed by atoms with E-state index in [4.69, 9.17) is 4.74 Å². The molecule has 0 fully saturated rings. The van der Waals surface area contributed by atoms with Crippen molar-refractivity contribution < 1.29 is 13.2 Å². The van der Waals surface area contributed by atoms with Crippen molar-refractivity contribution in [1.29, 1.82) is 0 Å². The fourth-order valence-corrected chi connectivity index (χ4v) is 3.67. The van der Waals surface area contributed by atoms with E-state index in [1.54, 1.807) is 42.5 Å². The third-order valence-electron chi connectivity index (χ3n) is 3.66. The molecule has 0 unspecified atom stereocenters. The highest BCUT2D eigenvalue weighted by Gasteiger charge is 2.24. The van der Waals surface area contributed by atoms with Gasteiger partial charge in [0, 0.05) is 5.56 Å². The summed E-state index contributed by atoms with van der Waals surface area (Å²) in [5.41, 5.74) is 1.44. The minimum absolute atomic E-state index is 0.281. The summed E-state index contributed by atoms with van der Waals surface area (Å²) in [6.07, 6.45) is 3.84. The Hall–Kier alpha value is -2.07. The third kappa shape index (κ3) is 2.66. The van der Waals surface area contributed by atoms with E-state index in [1.807, 2.05) is 32.9 Å². The Morgan fingerprint density at radius 2 is 1.59 bits per heavy atom. The lowest BCUT2D eigenvalue weighted by Crippen LogP contribution is -2.27. The summed E-state index contributed by atoms with van der Waals surface area (Å²) in [5, 5.41) is 0. The van der Waals surface area contributed by atoms with E-state index in [9.17, 15) is 8.42 Å². The Labute approximate surface area is 131 Å². The molecule has 1 aliphatic rings. The van der Waals surface area contributed by atoms with Gasteiger partial charge in [0.05, 0.1) is 9.79 Å². The minimum Gasteiger partial charge on any atom is -0.483 e. The highest BCUT2D eigenvalue weighted by Crippen LogP contribution is 2.33. The van der Waals surface area contributed by atoms with Gasteiger partial charge in [-0.2, -0.15) is 0 Å². The molecule has 1 heterocycles. The van der Waals surface area contributed by atoms with Crippen LogP contribution in [0.4, 0.5) is 0 Å². The predicted octanol–water partition coefficient (Wildman–Crippen LogP) is 4.01. The van der Waals surface area contributed by atoms with E-state index in [0.29, 0.717) is 10.6 Å². The number of sulfone groups is 1. The van der Waals surface area contributed by atoms with Crippen molar-refractivity contribution in [2.75, 3.05) is 0 Å². The molecule has 0 saturated heterocycles. The zero-order valence-corrected chi connectivity index (χ0v) is 13.6. The predicted molar refractivity (Wildman–Crippen MR) is 86.8 cm³/mol. The maximum absolute atomic E-state index is 12.7. The van der Waals surface area contributed by atoms with Crippen molar-refractivity contribution in [3.8, 4) is 5.75 Å². The van der Waals surface area contributed by atoms with Gasteiger partial charge >= 0.3 is 0 Å². The monoisotopic (exact) mass is 314 g/mol. The van der Waals surface area contributed by atoms with Gasteiger partial charge in [0.25, 0.3) is 0 Å². The highest BCUT2D eigenvalue weighted by atomic mass is 32.2. The second-order valence-electron chi connectivity index (χ2n) is 6.05. The molecule has 0 saturated carbocycles. The zero-order chi connectivity index (χ0) is 16.0. The van der Waals surface area contributed by atoms with E-state index in [1.165, 1.54) is 0 Å². The lowest BCUT2D eigenvalue weighted by atomic mass is 10.0. The number of ether oxygens (including phenoxy) is 1. The van der Waals surface area contributed by atoms with Gasteiger partial charge in [-0.1, -0.05) is 23.8 Å². The normalized spacial score (nSPS) is 16.0. The van der Waals surface area contributed by atoms with Crippen LogP contribution >= 0.6 is 0 Å². The van der Waals surface area contributed by atoms with Crippen LogP contribution in [-0.2, 0) is 9.84 Å². The minimum atomic E-state index is -3.51. The van der Waals surface area contributed by atoms with Gasteiger partial charge in [0.2, 0.25) is 9.84 Å². The van der Waals surface area contributed by atoms with Crippen molar-refractivity contribution in [3.63, 3.8) is 0 Å².